The summed E-state index contributed by atoms with van der Waals surface area (Å²) in [6, 6.07) is 18.7. The molecule has 3 heteroatoms. The maximum Gasteiger partial charge on any atom is 0.112 e. The van der Waals surface area contributed by atoms with Crippen LogP contribution in [0.15, 0.2) is 59.6 Å². The highest BCUT2D eigenvalue weighted by atomic mass is 15.1. The summed E-state index contributed by atoms with van der Waals surface area (Å²) in [6.07, 6.45) is 1.98. The van der Waals surface area contributed by atoms with Gasteiger partial charge in [0.15, 0.2) is 0 Å². The molecule has 4 rings (SSSR count). The Labute approximate surface area is 136 Å². The van der Waals surface area contributed by atoms with Crippen LogP contribution in [0, 0.1) is 0 Å². The third kappa shape index (κ3) is 2.42. The molecule has 1 aliphatic heterocycles. The summed E-state index contributed by atoms with van der Waals surface area (Å²) in [5.41, 5.74) is 5.20. The topological polar surface area (TPSA) is 38.1 Å². The largest absolute Gasteiger partial charge is 0.276 e. The van der Waals surface area contributed by atoms with Gasteiger partial charge in [0.05, 0.1) is 16.8 Å². The van der Waals surface area contributed by atoms with Crippen molar-refractivity contribution in [3.05, 3.63) is 71.4 Å². The predicted octanol–water partition coefficient (Wildman–Crippen LogP) is 4.19. The molecule has 0 amide bonds. The zero-order chi connectivity index (χ0) is 15.9. The van der Waals surface area contributed by atoms with Crippen LogP contribution in [-0.2, 0) is 6.42 Å². The first kappa shape index (κ1) is 14.1. The normalized spacial score (nSPS) is 20.2. The first-order chi connectivity index (χ1) is 11.2. The van der Waals surface area contributed by atoms with Crippen LogP contribution < -0.4 is 0 Å². The quantitative estimate of drug-likeness (QED) is 0.711. The summed E-state index contributed by atoms with van der Waals surface area (Å²) < 4.78 is 0. The number of fused-ring (bicyclic) bond motifs is 2. The van der Waals surface area contributed by atoms with Gasteiger partial charge in [-0.25, -0.2) is 0 Å². The third-order valence-electron chi connectivity index (χ3n) is 4.72. The van der Waals surface area contributed by atoms with Crippen LogP contribution in [0.25, 0.3) is 10.9 Å². The predicted molar refractivity (Wildman–Crippen MR) is 94.0 cm³/mol. The molecule has 1 aromatic heterocycles. The summed E-state index contributed by atoms with van der Waals surface area (Å²) in [6.45, 7) is 4.42. The van der Waals surface area contributed by atoms with E-state index < -0.39 is 0 Å². The zero-order valence-electron chi connectivity index (χ0n) is 13.5. The van der Waals surface area contributed by atoms with Gasteiger partial charge in [0.1, 0.15) is 5.69 Å². The fourth-order valence-corrected chi connectivity index (χ4v) is 3.19. The molecule has 3 aromatic rings. The maximum absolute atomic E-state index is 5.06. The van der Waals surface area contributed by atoms with Gasteiger partial charge >= 0.3 is 0 Å². The first-order valence-corrected chi connectivity index (χ1v) is 8.09. The van der Waals surface area contributed by atoms with E-state index in [1.165, 1.54) is 11.1 Å². The second kappa shape index (κ2) is 5.27. The van der Waals surface area contributed by atoms with E-state index in [1.807, 2.05) is 18.2 Å². The molecule has 0 bridgehead atoms. The van der Waals surface area contributed by atoms with Gasteiger partial charge in [-0.1, -0.05) is 49.4 Å². The van der Waals surface area contributed by atoms with E-state index in [9.17, 15) is 0 Å². The number of aliphatic imine (C=N–C) groups is 1. The Balaban J connectivity index is 1.93. The molecule has 0 saturated carbocycles. The molecule has 0 aliphatic carbocycles. The van der Waals surface area contributed by atoms with E-state index in [2.05, 4.69) is 60.4 Å². The molecular formula is C20H19N3. The highest BCUT2D eigenvalue weighted by Gasteiger charge is 2.30. The fourth-order valence-electron chi connectivity index (χ4n) is 3.19. The van der Waals surface area contributed by atoms with E-state index >= 15 is 0 Å². The lowest BCUT2D eigenvalue weighted by molar-refractivity contribution is 0.448. The Morgan fingerprint density at radius 1 is 1.00 bits per heavy atom. The van der Waals surface area contributed by atoms with E-state index in [0.717, 1.165) is 35.2 Å². The highest BCUT2D eigenvalue weighted by Crippen LogP contribution is 2.31. The molecule has 0 radical (unpaired) electrons. The van der Waals surface area contributed by atoms with Gasteiger partial charge in [-0.15, -0.1) is 10.2 Å². The van der Waals surface area contributed by atoms with Gasteiger partial charge < -0.3 is 0 Å². The van der Waals surface area contributed by atoms with Crippen molar-refractivity contribution in [2.24, 2.45) is 4.99 Å². The van der Waals surface area contributed by atoms with Crippen LogP contribution >= 0.6 is 0 Å². The Morgan fingerprint density at radius 2 is 1.78 bits per heavy atom. The standard InChI is InChI=1S/C20H19N3/c1-3-20(2)13-15-9-4-6-10-16(15)19(21-20)18-12-14-8-5-7-11-17(14)22-23-18/h4-12H,3,13H2,1-2H3. The molecule has 1 unspecified atom stereocenters. The van der Waals surface area contributed by atoms with Gasteiger partial charge in [0.2, 0.25) is 0 Å². The molecule has 0 spiro atoms. The lowest BCUT2D eigenvalue weighted by Crippen LogP contribution is -2.32. The van der Waals surface area contributed by atoms with E-state index in [1.54, 1.807) is 0 Å². The minimum atomic E-state index is -0.0724. The molecule has 2 heterocycles. The lowest BCUT2D eigenvalue weighted by atomic mass is 9.83. The smallest absolute Gasteiger partial charge is 0.112 e. The number of aromatic nitrogens is 2. The number of hydrogen-bond donors (Lipinski definition) is 0. The van der Waals surface area contributed by atoms with Crippen molar-refractivity contribution in [2.45, 2.75) is 32.2 Å². The van der Waals surface area contributed by atoms with Gasteiger partial charge in [0, 0.05) is 10.9 Å². The minimum Gasteiger partial charge on any atom is -0.276 e. The number of benzene rings is 2. The van der Waals surface area contributed by atoms with Gasteiger partial charge in [-0.3, -0.25) is 4.99 Å². The monoisotopic (exact) mass is 301 g/mol. The van der Waals surface area contributed by atoms with Crippen molar-refractivity contribution < 1.29 is 0 Å². The number of nitrogens with zero attached hydrogens (tertiary/aromatic N) is 3. The first-order valence-electron chi connectivity index (χ1n) is 8.09. The summed E-state index contributed by atoms with van der Waals surface area (Å²) in [7, 11) is 0. The van der Waals surface area contributed by atoms with Gasteiger partial charge in [-0.05, 0) is 37.5 Å². The second-order valence-electron chi connectivity index (χ2n) is 6.43. The molecule has 2 aromatic carbocycles. The van der Waals surface area contributed by atoms with Crippen molar-refractivity contribution in [3.8, 4) is 0 Å². The van der Waals surface area contributed by atoms with E-state index in [0.29, 0.717) is 0 Å². The Kier molecular flexibility index (Phi) is 3.22. The van der Waals surface area contributed by atoms with Crippen molar-refractivity contribution in [1.29, 1.82) is 0 Å². The summed E-state index contributed by atoms with van der Waals surface area (Å²) >= 11 is 0. The summed E-state index contributed by atoms with van der Waals surface area (Å²) in [4.78, 5) is 5.06. The molecule has 114 valence electrons. The van der Waals surface area contributed by atoms with Crippen molar-refractivity contribution in [1.82, 2.24) is 10.2 Å². The molecule has 0 saturated heterocycles. The summed E-state index contributed by atoms with van der Waals surface area (Å²) in [5.74, 6) is 0. The summed E-state index contributed by atoms with van der Waals surface area (Å²) in [5, 5.41) is 9.92. The van der Waals surface area contributed by atoms with Crippen LogP contribution in [0.5, 0.6) is 0 Å². The molecule has 1 atom stereocenters. The lowest BCUT2D eigenvalue weighted by Gasteiger charge is -2.31. The fraction of sp³-hybridized carbons (Fsp3) is 0.250. The van der Waals surface area contributed by atoms with Crippen LogP contribution in [0.2, 0.25) is 0 Å². The highest BCUT2D eigenvalue weighted by molar-refractivity contribution is 6.14. The van der Waals surface area contributed by atoms with Crippen LogP contribution in [0.1, 0.15) is 37.1 Å². The van der Waals surface area contributed by atoms with Crippen molar-refractivity contribution in [3.63, 3.8) is 0 Å². The SMILES string of the molecule is CCC1(C)Cc2ccccc2C(c2cc3ccccc3nn2)=N1. The number of hydrogen-bond acceptors (Lipinski definition) is 3. The molecule has 23 heavy (non-hydrogen) atoms. The molecule has 0 fully saturated rings. The molecule has 1 aliphatic rings. The van der Waals surface area contributed by atoms with Crippen LogP contribution in [-0.4, -0.2) is 21.4 Å². The van der Waals surface area contributed by atoms with Crippen molar-refractivity contribution in [2.75, 3.05) is 0 Å². The van der Waals surface area contributed by atoms with Crippen LogP contribution in [0.4, 0.5) is 0 Å². The Hall–Kier alpha value is -2.55. The third-order valence-corrected chi connectivity index (χ3v) is 4.72. The number of rotatable bonds is 2. The Bertz CT molecular complexity index is 913. The minimum absolute atomic E-state index is 0.0724. The van der Waals surface area contributed by atoms with E-state index in [4.69, 9.17) is 4.99 Å². The Morgan fingerprint density at radius 3 is 2.65 bits per heavy atom. The maximum atomic E-state index is 5.06. The second-order valence-corrected chi connectivity index (χ2v) is 6.43. The molecular weight excluding hydrogens is 282 g/mol. The van der Waals surface area contributed by atoms with Crippen LogP contribution in [0.3, 0.4) is 0 Å². The van der Waals surface area contributed by atoms with Gasteiger partial charge in [0.25, 0.3) is 0 Å². The average molecular weight is 301 g/mol. The zero-order valence-corrected chi connectivity index (χ0v) is 13.5. The molecule has 0 N–H and O–H groups in total. The van der Waals surface area contributed by atoms with Gasteiger partial charge in [-0.2, -0.15) is 0 Å². The average Bonchev–Trinajstić information content (AvgIpc) is 2.60. The van der Waals surface area contributed by atoms with E-state index in [-0.39, 0.29) is 5.54 Å². The molecule has 3 nitrogen and oxygen atoms in total. The van der Waals surface area contributed by atoms with Crippen molar-refractivity contribution >= 4 is 16.6 Å².